The number of carbonyl (C=O) groups is 1. The largest absolute Gasteiger partial charge is 0.493 e. The third kappa shape index (κ3) is 5.08. The van der Waals surface area contributed by atoms with Crippen LogP contribution >= 0.6 is 11.8 Å². The Bertz CT molecular complexity index is 430. The second-order valence-electron chi connectivity index (χ2n) is 5.16. The van der Waals surface area contributed by atoms with Gasteiger partial charge in [-0.05, 0) is 43.9 Å². The maximum atomic E-state index is 11.9. The van der Waals surface area contributed by atoms with Gasteiger partial charge in [0.2, 0.25) is 5.91 Å². The van der Waals surface area contributed by atoms with Crippen LogP contribution in [0.1, 0.15) is 24.8 Å². The number of carbonyl (C=O) groups excluding carboxylic acids is 1. The second kappa shape index (κ2) is 8.20. The van der Waals surface area contributed by atoms with E-state index in [4.69, 9.17) is 4.74 Å². The molecule has 2 rings (SSSR count). The topological polar surface area (TPSA) is 29.5 Å². The summed E-state index contributed by atoms with van der Waals surface area (Å²) >= 11 is 1.66. The maximum absolute atomic E-state index is 11.9. The van der Waals surface area contributed by atoms with Crippen molar-refractivity contribution in [2.45, 2.75) is 26.2 Å². The van der Waals surface area contributed by atoms with E-state index in [1.54, 1.807) is 11.8 Å². The molecule has 0 spiro atoms. The summed E-state index contributed by atoms with van der Waals surface area (Å²) < 4.78 is 5.67. The van der Waals surface area contributed by atoms with Crippen molar-refractivity contribution in [1.29, 1.82) is 0 Å². The van der Waals surface area contributed by atoms with Gasteiger partial charge >= 0.3 is 0 Å². The summed E-state index contributed by atoms with van der Waals surface area (Å²) in [6.07, 6.45) is 3.58. The lowest BCUT2D eigenvalue weighted by molar-refractivity contribution is -0.129. The highest BCUT2D eigenvalue weighted by atomic mass is 32.2. The molecule has 110 valence electrons. The Hall–Kier alpha value is -1.16. The van der Waals surface area contributed by atoms with Gasteiger partial charge in [0.25, 0.3) is 0 Å². The average molecular weight is 293 g/mol. The lowest BCUT2D eigenvalue weighted by Gasteiger charge is -2.26. The minimum Gasteiger partial charge on any atom is -0.493 e. The van der Waals surface area contributed by atoms with Crippen LogP contribution in [-0.4, -0.2) is 42.0 Å². The van der Waals surface area contributed by atoms with E-state index >= 15 is 0 Å². The average Bonchev–Trinajstić information content (AvgIpc) is 2.48. The lowest BCUT2D eigenvalue weighted by Crippen LogP contribution is -2.36. The quantitative estimate of drug-likeness (QED) is 0.755. The Morgan fingerprint density at radius 3 is 2.85 bits per heavy atom. The predicted molar refractivity (Wildman–Crippen MR) is 84.4 cm³/mol. The zero-order valence-electron chi connectivity index (χ0n) is 12.1. The van der Waals surface area contributed by atoms with E-state index in [2.05, 4.69) is 13.0 Å². The van der Waals surface area contributed by atoms with Crippen LogP contribution in [0, 0.1) is 6.92 Å². The number of aryl methyl sites for hydroxylation is 1. The Morgan fingerprint density at radius 1 is 1.30 bits per heavy atom. The van der Waals surface area contributed by atoms with Crippen LogP contribution in [-0.2, 0) is 4.79 Å². The summed E-state index contributed by atoms with van der Waals surface area (Å²) in [6, 6.07) is 8.05. The normalized spacial score (nSPS) is 15.2. The van der Waals surface area contributed by atoms with E-state index in [0.29, 0.717) is 12.4 Å². The first-order chi connectivity index (χ1) is 9.75. The Balaban J connectivity index is 1.58. The van der Waals surface area contributed by atoms with Crippen LogP contribution in [0.4, 0.5) is 0 Å². The summed E-state index contributed by atoms with van der Waals surface area (Å²) in [6.45, 7) is 4.60. The molecule has 1 aliphatic heterocycles. The molecule has 0 radical (unpaired) electrons. The van der Waals surface area contributed by atoms with Crippen LogP contribution in [0.25, 0.3) is 0 Å². The van der Waals surface area contributed by atoms with E-state index in [1.165, 1.54) is 12.0 Å². The number of rotatable bonds is 6. The molecule has 0 saturated carbocycles. The third-order valence-corrected chi connectivity index (χ3v) is 4.33. The SMILES string of the molecule is Cc1cccc(OCCSCC(=O)N2CCCCC2)c1. The number of piperidine rings is 1. The van der Waals surface area contributed by atoms with E-state index in [9.17, 15) is 4.79 Å². The van der Waals surface area contributed by atoms with Crippen LogP contribution in [0.5, 0.6) is 5.75 Å². The molecule has 1 heterocycles. The molecule has 1 aliphatic rings. The summed E-state index contributed by atoms with van der Waals surface area (Å²) in [5, 5.41) is 0. The van der Waals surface area contributed by atoms with E-state index < -0.39 is 0 Å². The summed E-state index contributed by atoms with van der Waals surface area (Å²) in [5.74, 6) is 2.63. The van der Waals surface area contributed by atoms with Crippen molar-refractivity contribution in [2.24, 2.45) is 0 Å². The molecule has 0 N–H and O–H groups in total. The summed E-state index contributed by atoms with van der Waals surface area (Å²) in [5.41, 5.74) is 1.20. The maximum Gasteiger partial charge on any atom is 0.232 e. The van der Waals surface area contributed by atoms with Crippen LogP contribution in [0.15, 0.2) is 24.3 Å². The fraction of sp³-hybridized carbons (Fsp3) is 0.562. The highest BCUT2D eigenvalue weighted by molar-refractivity contribution is 7.99. The van der Waals surface area contributed by atoms with Gasteiger partial charge < -0.3 is 9.64 Å². The smallest absolute Gasteiger partial charge is 0.232 e. The molecule has 0 unspecified atom stereocenters. The summed E-state index contributed by atoms with van der Waals surface area (Å²) in [7, 11) is 0. The van der Waals surface area contributed by atoms with E-state index in [0.717, 1.165) is 37.4 Å². The van der Waals surface area contributed by atoms with Crippen molar-refractivity contribution in [3.63, 3.8) is 0 Å². The number of hydrogen-bond donors (Lipinski definition) is 0. The highest BCUT2D eigenvalue weighted by Gasteiger charge is 2.15. The molecule has 20 heavy (non-hydrogen) atoms. The van der Waals surface area contributed by atoms with Crippen molar-refractivity contribution in [2.75, 3.05) is 31.2 Å². The Morgan fingerprint density at radius 2 is 2.10 bits per heavy atom. The highest BCUT2D eigenvalue weighted by Crippen LogP contribution is 2.14. The number of ether oxygens (including phenoxy) is 1. The number of amides is 1. The van der Waals surface area contributed by atoms with Crippen molar-refractivity contribution in [1.82, 2.24) is 4.90 Å². The van der Waals surface area contributed by atoms with Gasteiger partial charge in [0, 0.05) is 18.8 Å². The minimum absolute atomic E-state index is 0.283. The van der Waals surface area contributed by atoms with E-state index in [1.807, 2.05) is 23.1 Å². The van der Waals surface area contributed by atoms with Gasteiger partial charge in [0.05, 0.1) is 12.4 Å². The minimum atomic E-state index is 0.283. The first-order valence-corrected chi connectivity index (χ1v) is 8.46. The molecule has 0 atom stereocenters. The van der Waals surface area contributed by atoms with Gasteiger partial charge in [0.1, 0.15) is 5.75 Å². The van der Waals surface area contributed by atoms with Gasteiger partial charge in [0.15, 0.2) is 0 Å². The number of hydrogen-bond acceptors (Lipinski definition) is 3. The van der Waals surface area contributed by atoms with Gasteiger partial charge in [-0.25, -0.2) is 0 Å². The fourth-order valence-corrected chi connectivity index (χ4v) is 3.02. The molecular weight excluding hydrogens is 270 g/mol. The summed E-state index contributed by atoms with van der Waals surface area (Å²) in [4.78, 5) is 13.9. The number of likely N-dealkylation sites (tertiary alicyclic amines) is 1. The van der Waals surface area contributed by atoms with Gasteiger partial charge in [-0.3, -0.25) is 4.79 Å². The molecule has 0 aromatic heterocycles. The van der Waals surface area contributed by atoms with Crippen LogP contribution in [0.2, 0.25) is 0 Å². The predicted octanol–water partition coefficient (Wildman–Crippen LogP) is 3.12. The zero-order valence-corrected chi connectivity index (χ0v) is 13.0. The number of thioether (sulfide) groups is 1. The molecule has 1 saturated heterocycles. The molecule has 1 amide bonds. The molecule has 3 nitrogen and oxygen atoms in total. The molecule has 4 heteroatoms. The molecule has 0 aliphatic carbocycles. The van der Waals surface area contributed by atoms with E-state index in [-0.39, 0.29) is 5.91 Å². The van der Waals surface area contributed by atoms with Crippen molar-refractivity contribution < 1.29 is 9.53 Å². The molecule has 1 aromatic carbocycles. The second-order valence-corrected chi connectivity index (χ2v) is 6.26. The number of nitrogens with zero attached hydrogens (tertiary/aromatic N) is 1. The van der Waals surface area contributed by atoms with Crippen molar-refractivity contribution in [3.05, 3.63) is 29.8 Å². The molecule has 1 fully saturated rings. The van der Waals surface area contributed by atoms with Crippen molar-refractivity contribution in [3.8, 4) is 5.75 Å². The standard InChI is InChI=1S/C16H23NO2S/c1-14-6-5-7-15(12-14)19-10-11-20-13-16(18)17-8-3-2-4-9-17/h5-7,12H,2-4,8-11,13H2,1H3. The monoisotopic (exact) mass is 293 g/mol. The van der Waals surface area contributed by atoms with Crippen LogP contribution in [0.3, 0.4) is 0 Å². The van der Waals surface area contributed by atoms with Gasteiger partial charge in [-0.15, -0.1) is 11.8 Å². The Labute approximate surface area is 125 Å². The molecule has 0 bridgehead atoms. The first kappa shape index (κ1) is 15.2. The number of benzene rings is 1. The van der Waals surface area contributed by atoms with Gasteiger partial charge in [-0.2, -0.15) is 0 Å². The Kier molecular flexibility index (Phi) is 6.25. The van der Waals surface area contributed by atoms with Crippen molar-refractivity contribution >= 4 is 17.7 Å². The van der Waals surface area contributed by atoms with Gasteiger partial charge in [-0.1, -0.05) is 12.1 Å². The third-order valence-electron chi connectivity index (χ3n) is 3.42. The molecular formula is C16H23NO2S. The molecule has 1 aromatic rings. The zero-order chi connectivity index (χ0) is 14.2. The first-order valence-electron chi connectivity index (χ1n) is 7.31. The lowest BCUT2D eigenvalue weighted by atomic mass is 10.1. The van der Waals surface area contributed by atoms with Crippen LogP contribution < -0.4 is 4.74 Å². The fourth-order valence-electron chi connectivity index (χ4n) is 2.32.